The van der Waals surface area contributed by atoms with E-state index in [1.165, 1.54) is 0 Å². The summed E-state index contributed by atoms with van der Waals surface area (Å²) in [6, 6.07) is 21.8. The molecule has 3 aromatic carbocycles. The van der Waals surface area contributed by atoms with Gasteiger partial charge in [0, 0.05) is 6.42 Å². The molecule has 0 aliphatic carbocycles. The maximum atomic E-state index is 13.1. The average molecular weight is 459 g/mol. The van der Waals surface area contributed by atoms with Gasteiger partial charge in [0.2, 0.25) is 0 Å². The number of carbonyl (C=O) groups excluding carboxylic acids is 3. The van der Waals surface area contributed by atoms with Crippen molar-refractivity contribution in [1.29, 1.82) is 0 Å². The molecule has 0 aromatic heterocycles. The Hall–Kier alpha value is -4.13. The summed E-state index contributed by atoms with van der Waals surface area (Å²) in [6.45, 7) is 2.58. The minimum absolute atomic E-state index is 0.0273. The lowest BCUT2D eigenvalue weighted by molar-refractivity contribution is -0.149. The summed E-state index contributed by atoms with van der Waals surface area (Å²) < 4.78 is 16.5. The molecule has 2 amide bonds. The predicted octanol–water partition coefficient (Wildman–Crippen LogP) is 3.91. The van der Waals surface area contributed by atoms with Crippen LogP contribution in [0.3, 0.4) is 0 Å². The van der Waals surface area contributed by atoms with Gasteiger partial charge in [0.15, 0.2) is 0 Å². The lowest BCUT2D eigenvalue weighted by Crippen LogP contribution is -2.47. The highest BCUT2D eigenvalue weighted by atomic mass is 16.6. The van der Waals surface area contributed by atoms with Crippen LogP contribution in [-0.2, 0) is 16.0 Å². The van der Waals surface area contributed by atoms with E-state index < -0.39 is 23.8 Å². The summed E-state index contributed by atoms with van der Waals surface area (Å²) in [5, 5.41) is 0. The SMILES string of the molecule is CCOc1ccc(OCCOC(=O)C(Cc2ccccc2)N2C(=O)c3ccccc3C2=O)cc1. The van der Waals surface area contributed by atoms with E-state index in [0.717, 1.165) is 16.2 Å². The van der Waals surface area contributed by atoms with E-state index in [4.69, 9.17) is 14.2 Å². The van der Waals surface area contributed by atoms with Crippen molar-refractivity contribution in [2.45, 2.75) is 19.4 Å². The lowest BCUT2D eigenvalue weighted by Gasteiger charge is -2.24. The van der Waals surface area contributed by atoms with Crippen molar-refractivity contribution in [3.8, 4) is 11.5 Å². The summed E-state index contributed by atoms with van der Waals surface area (Å²) in [4.78, 5) is 40.1. The van der Waals surface area contributed by atoms with Crippen LogP contribution in [0.2, 0.25) is 0 Å². The van der Waals surface area contributed by atoms with Crippen LogP contribution in [-0.4, -0.2) is 48.5 Å². The minimum atomic E-state index is -1.08. The second-order valence-electron chi connectivity index (χ2n) is 7.65. The number of carbonyl (C=O) groups is 3. The fourth-order valence-electron chi connectivity index (χ4n) is 3.81. The zero-order valence-electron chi connectivity index (χ0n) is 18.8. The second-order valence-corrected chi connectivity index (χ2v) is 7.65. The van der Waals surface area contributed by atoms with E-state index in [-0.39, 0.29) is 30.8 Å². The number of hydrogen-bond donors (Lipinski definition) is 0. The first-order valence-electron chi connectivity index (χ1n) is 11.1. The molecule has 0 fully saturated rings. The Morgan fingerprint density at radius 2 is 1.32 bits per heavy atom. The largest absolute Gasteiger partial charge is 0.494 e. The monoisotopic (exact) mass is 459 g/mol. The zero-order valence-corrected chi connectivity index (χ0v) is 18.8. The predicted molar refractivity (Wildman–Crippen MR) is 125 cm³/mol. The fourth-order valence-corrected chi connectivity index (χ4v) is 3.81. The van der Waals surface area contributed by atoms with Gasteiger partial charge in [0.25, 0.3) is 11.8 Å². The van der Waals surface area contributed by atoms with Crippen LogP contribution in [0.4, 0.5) is 0 Å². The van der Waals surface area contributed by atoms with Gasteiger partial charge < -0.3 is 14.2 Å². The number of hydrogen-bond acceptors (Lipinski definition) is 6. The van der Waals surface area contributed by atoms with E-state index in [2.05, 4.69) is 0 Å². The second kappa shape index (κ2) is 10.7. The average Bonchev–Trinajstić information content (AvgIpc) is 3.12. The number of benzene rings is 3. The number of nitrogens with zero attached hydrogens (tertiary/aromatic N) is 1. The quantitative estimate of drug-likeness (QED) is 0.260. The summed E-state index contributed by atoms with van der Waals surface area (Å²) >= 11 is 0. The zero-order chi connectivity index (χ0) is 23.9. The molecule has 3 aromatic rings. The highest BCUT2D eigenvalue weighted by molar-refractivity contribution is 6.22. The van der Waals surface area contributed by atoms with Gasteiger partial charge in [-0.3, -0.25) is 14.5 Å². The van der Waals surface area contributed by atoms with Crippen molar-refractivity contribution in [1.82, 2.24) is 4.90 Å². The lowest BCUT2D eigenvalue weighted by atomic mass is 10.0. The van der Waals surface area contributed by atoms with Crippen molar-refractivity contribution in [2.24, 2.45) is 0 Å². The van der Waals surface area contributed by atoms with Gasteiger partial charge in [-0.15, -0.1) is 0 Å². The maximum Gasteiger partial charge on any atom is 0.329 e. The smallest absolute Gasteiger partial charge is 0.329 e. The summed E-state index contributed by atoms with van der Waals surface area (Å²) in [5.74, 6) is -0.298. The number of ether oxygens (including phenoxy) is 3. The first-order chi connectivity index (χ1) is 16.6. The molecule has 0 spiro atoms. The van der Waals surface area contributed by atoms with E-state index >= 15 is 0 Å². The molecule has 7 heteroatoms. The third-order valence-corrected chi connectivity index (χ3v) is 5.41. The Morgan fingerprint density at radius 3 is 1.91 bits per heavy atom. The van der Waals surface area contributed by atoms with E-state index in [1.54, 1.807) is 48.5 Å². The molecule has 4 rings (SSSR count). The maximum absolute atomic E-state index is 13.1. The van der Waals surface area contributed by atoms with Crippen LogP contribution in [0.25, 0.3) is 0 Å². The number of fused-ring (bicyclic) bond motifs is 1. The molecule has 0 radical (unpaired) electrons. The summed E-state index contributed by atoms with van der Waals surface area (Å²) in [5.41, 5.74) is 1.39. The molecule has 0 N–H and O–H groups in total. The number of esters is 1. The first-order valence-corrected chi connectivity index (χ1v) is 11.1. The molecular weight excluding hydrogens is 434 g/mol. The molecule has 34 heavy (non-hydrogen) atoms. The van der Waals surface area contributed by atoms with Gasteiger partial charge in [-0.25, -0.2) is 4.79 Å². The van der Waals surface area contributed by atoms with E-state index in [9.17, 15) is 14.4 Å². The third-order valence-electron chi connectivity index (χ3n) is 5.41. The van der Waals surface area contributed by atoms with Crippen molar-refractivity contribution >= 4 is 17.8 Å². The van der Waals surface area contributed by atoms with Crippen LogP contribution in [0, 0.1) is 0 Å². The van der Waals surface area contributed by atoms with Crippen LogP contribution in [0.5, 0.6) is 11.5 Å². The molecule has 1 unspecified atom stereocenters. The molecule has 1 atom stereocenters. The Bertz CT molecular complexity index is 1120. The van der Waals surface area contributed by atoms with Crippen LogP contribution < -0.4 is 9.47 Å². The van der Waals surface area contributed by atoms with Crippen molar-refractivity contribution in [3.05, 3.63) is 95.6 Å². The van der Waals surface area contributed by atoms with Crippen molar-refractivity contribution < 1.29 is 28.6 Å². The van der Waals surface area contributed by atoms with Crippen LogP contribution in [0.15, 0.2) is 78.9 Å². The van der Waals surface area contributed by atoms with Crippen LogP contribution >= 0.6 is 0 Å². The van der Waals surface area contributed by atoms with Gasteiger partial charge in [-0.05, 0) is 48.9 Å². The van der Waals surface area contributed by atoms with Crippen LogP contribution in [0.1, 0.15) is 33.2 Å². The number of rotatable bonds is 10. The molecular formula is C27H25NO6. The molecule has 0 saturated carbocycles. The normalized spacial score (nSPS) is 13.4. The van der Waals surface area contributed by atoms with Gasteiger partial charge in [-0.2, -0.15) is 0 Å². The van der Waals surface area contributed by atoms with Gasteiger partial charge >= 0.3 is 5.97 Å². The first kappa shape index (κ1) is 23.0. The third kappa shape index (κ3) is 5.09. The van der Waals surface area contributed by atoms with Crippen molar-refractivity contribution in [2.75, 3.05) is 19.8 Å². The van der Waals surface area contributed by atoms with Gasteiger partial charge in [0.1, 0.15) is 30.8 Å². The molecule has 1 heterocycles. The van der Waals surface area contributed by atoms with Gasteiger partial charge in [-0.1, -0.05) is 42.5 Å². The molecule has 1 aliphatic rings. The van der Waals surface area contributed by atoms with E-state index in [0.29, 0.717) is 12.4 Å². The summed E-state index contributed by atoms with van der Waals surface area (Å²) in [7, 11) is 0. The minimum Gasteiger partial charge on any atom is -0.494 e. The Morgan fingerprint density at radius 1 is 0.765 bits per heavy atom. The highest BCUT2D eigenvalue weighted by Gasteiger charge is 2.43. The number of imide groups is 1. The molecule has 0 bridgehead atoms. The molecule has 174 valence electrons. The van der Waals surface area contributed by atoms with Gasteiger partial charge in [0.05, 0.1) is 17.7 Å². The Kier molecular flexibility index (Phi) is 7.22. The molecule has 7 nitrogen and oxygen atoms in total. The Labute approximate surface area is 197 Å². The fraction of sp³-hybridized carbons (Fsp3) is 0.222. The standard InChI is InChI=1S/C27H25NO6/c1-2-32-20-12-14-21(15-13-20)33-16-17-34-27(31)24(18-19-8-4-3-5-9-19)28-25(29)22-10-6-7-11-23(22)26(28)30/h3-15,24H,2,16-18H2,1H3. The summed E-state index contributed by atoms with van der Waals surface area (Å²) in [6.07, 6.45) is 0.158. The topological polar surface area (TPSA) is 82.1 Å². The molecule has 1 aliphatic heterocycles. The van der Waals surface area contributed by atoms with E-state index in [1.807, 2.05) is 37.3 Å². The highest BCUT2D eigenvalue weighted by Crippen LogP contribution is 2.26. The van der Waals surface area contributed by atoms with Crippen molar-refractivity contribution in [3.63, 3.8) is 0 Å². The number of amides is 2. The Balaban J connectivity index is 1.42. The molecule has 0 saturated heterocycles.